The van der Waals surface area contributed by atoms with Crippen molar-refractivity contribution in [1.82, 2.24) is 10.3 Å². The first-order chi connectivity index (χ1) is 18.8. The van der Waals surface area contributed by atoms with Crippen molar-refractivity contribution in [2.45, 2.75) is 13.8 Å². The number of carbonyl (C=O) groups excluding carboxylic acids is 2. The van der Waals surface area contributed by atoms with Crippen molar-refractivity contribution in [2.24, 2.45) is 11.7 Å². The van der Waals surface area contributed by atoms with Crippen molar-refractivity contribution < 1.29 is 18.7 Å². The third-order valence-corrected chi connectivity index (χ3v) is 6.08. The van der Waals surface area contributed by atoms with Crippen LogP contribution in [0.15, 0.2) is 72.9 Å². The number of carbonyl (C=O) groups is 2. The summed E-state index contributed by atoms with van der Waals surface area (Å²) in [7, 11) is 1.59. The van der Waals surface area contributed by atoms with E-state index in [0.717, 1.165) is 17.3 Å². The molecule has 3 aromatic carbocycles. The van der Waals surface area contributed by atoms with E-state index in [1.54, 1.807) is 37.4 Å². The first-order valence-corrected chi connectivity index (χ1v) is 12.7. The van der Waals surface area contributed by atoms with Gasteiger partial charge in [-0.1, -0.05) is 26.0 Å². The molecule has 0 bridgehead atoms. The third-order valence-electron chi connectivity index (χ3n) is 6.08. The molecule has 9 heteroatoms. The zero-order chi connectivity index (χ0) is 27.9. The van der Waals surface area contributed by atoms with Crippen molar-refractivity contribution in [3.63, 3.8) is 0 Å². The summed E-state index contributed by atoms with van der Waals surface area (Å²) in [6.45, 7) is 5.92. The molecule has 2 amide bonds. The minimum absolute atomic E-state index is 0.0921. The lowest BCUT2D eigenvalue weighted by Crippen LogP contribution is -2.32. The van der Waals surface area contributed by atoms with Gasteiger partial charge in [0.15, 0.2) is 0 Å². The lowest BCUT2D eigenvalue weighted by molar-refractivity contribution is 0.0963. The smallest absolute Gasteiger partial charge is 0.259 e. The van der Waals surface area contributed by atoms with Gasteiger partial charge in [-0.3, -0.25) is 9.59 Å². The van der Waals surface area contributed by atoms with E-state index in [9.17, 15) is 14.0 Å². The Morgan fingerprint density at radius 2 is 1.79 bits per heavy atom. The van der Waals surface area contributed by atoms with Crippen LogP contribution in [-0.2, 0) is 0 Å². The molecule has 1 heterocycles. The Morgan fingerprint density at radius 1 is 1.00 bits per heavy atom. The highest BCUT2D eigenvalue weighted by Gasteiger charge is 2.16. The zero-order valence-electron chi connectivity index (χ0n) is 22.2. The topological polar surface area (TPSA) is 110 Å². The summed E-state index contributed by atoms with van der Waals surface area (Å²) in [6.07, 6.45) is 1.49. The van der Waals surface area contributed by atoms with Crippen LogP contribution < -0.4 is 26.0 Å². The monoisotopic (exact) mass is 529 g/mol. The molecule has 4 rings (SSSR count). The quantitative estimate of drug-likeness (QED) is 0.261. The van der Waals surface area contributed by atoms with E-state index >= 15 is 0 Å². The first kappa shape index (κ1) is 27.5. The standard InChI is InChI=1S/C30H32FN5O3/c1-19(2)18-36(14-12-32)21-7-9-26(27(31)16-21)30(38)35-28-17-23(11-13-34-28)39-22-8-10-24-20(15-22)5-4-6-25(24)29(37)33-3/h4-11,13,15-17,19H,12,14,18,32H2,1-3H3,(H,33,37)(H,34,35,38). The van der Waals surface area contributed by atoms with Crippen LogP contribution in [0.2, 0.25) is 0 Å². The van der Waals surface area contributed by atoms with Crippen molar-refractivity contribution in [3.8, 4) is 11.5 Å². The van der Waals surface area contributed by atoms with E-state index in [1.807, 2.05) is 29.2 Å². The Kier molecular flexibility index (Phi) is 8.73. The molecule has 0 aliphatic rings. The Hall–Kier alpha value is -4.50. The number of ether oxygens (including phenoxy) is 1. The van der Waals surface area contributed by atoms with Crippen molar-refractivity contribution in [2.75, 3.05) is 36.9 Å². The number of nitrogens with one attached hydrogen (secondary N) is 2. The molecule has 8 nitrogen and oxygen atoms in total. The summed E-state index contributed by atoms with van der Waals surface area (Å²) in [5.41, 5.74) is 6.88. The van der Waals surface area contributed by atoms with Crippen LogP contribution in [0.1, 0.15) is 34.6 Å². The van der Waals surface area contributed by atoms with Gasteiger partial charge >= 0.3 is 0 Å². The van der Waals surface area contributed by atoms with Gasteiger partial charge in [-0.05, 0) is 65.2 Å². The highest BCUT2D eigenvalue weighted by Crippen LogP contribution is 2.28. The van der Waals surface area contributed by atoms with Gasteiger partial charge in [-0.2, -0.15) is 0 Å². The molecule has 202 valence electrons. The highest BCUT2D eigenvalue weighted by atomic mass is 19.1. The summed E-state index contributed by atoms with van der Waals surface area (Å²) in [6, 6.07) is 18.6. The number of amides is 2. The predicted octanol–water partition coefficient (Wildman–Crippen LogP) is 5.20. The van der Waals surface area contributed by atoms with Crippen LogP contribution >= 0.6 is 0 Å². The maximum absolute atomic E-state index is 14.9. The molecule has 0 saturated carbocycles. The fraction of sp³-hybridized carbons (Fsp3) is 0.233. The van der Waals surface area contributed by atoms with E-state index in [0.29, 0.717) is 41.8 Å². The molecule has 0 aliphatic heterocycles. The number of hydrogen-bond acceptors (Lipinski definition) is 6. The fourth-order valence-electron chi connectivity index (χ4n) is 4.33. The van der Waals surface area contributed by atoms with Gasteiger partial charge in [-0.25, -0.2) is 9.37 Å². The van der Waals surface area contributed by atoms with E-state index in [-0.39, 0.29) is 17.3 Å². The molecular weight excluding hydrogens is 497 g/mol. The fourth-order valence-corrected chi connectivity index (χ4v) is 4.33. The second kappa shape index (κ2) is 12.4. The number of rotatable bonds is 10. The van der Waals surface area contributed by atoms with Crippen LogP contribution in [-0.4, -0.2) is 43.5 Å². The summed E-state index contributed by atoms with van der Waals surface area (Å²) in [5, 5.41) is 6.92. The van der Waals surface area contributed by atoms with E-state index < -0.39 is 11.7 Å². The van der Waals surface area contributed by atoms with Gasteiger partial charge < -0.3 is 26.0 Å². The number of pyridine rings is 1. The molecule has 0 fully saturated rings. The maximum Gasteiger partial charge on any atom is 0.259 e. The van der Waals surface area contributed by atoms with Gasteiger partial charge in [0.2, 0.25) is 0 Å². The number of anilines is 2. The van der Waals surface area contributed by atoms with Crippen LogP contribution in [0.25, 0.3) is 10.8 Å². The molecule has 4 aromatic rings. The number of benzene rings is 3. The minimum atomic E-state index is -0.629. The Morgan fingerprint density at radius 3 is 2.51 bits per heavy atom. The molecule has 1 aromatic heterocycles. The average molecular weight is 530 g/mol. The van der Waals surface area contributed by atoms with Gasteiger partial charge in [0, 0.05) is 50.2 Å². The van der Waals surface area contributed by atoms with Gasteiger partial charge in [-0.15, -0.1) is 0 Å². The molecule has 0 aliphatic carbocycles. The molecule has 0 spiro atoms. The van der Waals surface area contributed by atoms with E-state index in [1.165, 1.54) is 18.3 Å². The second-order valence-corrected chi connectivity index (χ2v) is 9.49. The predicted molar refractivity (Wildman–Crippen MR) is 152 cm³/mol. The summed E-state index contributed by atoms with van der Waals surface area (Å²) in [4.78, 5) is 31.2. The zero-order valence-corrected chi connectivity index (χ0v) is 22.2. The number of hydrogen-bond donors (Lipinski definition) is 3. The van der Waals surface area contributed by atoms with Crippen molar-refractivity contribution in [3.05, 3.63) is 89.9 Å². The van der Waals surface area contributed by atoms with Gasteiger partial charge in [0.05, 0.1) is 5.56 Å². The van der Waals surface area contributed by atoms with Gasteiger partial charge in [0.1, 0.15) is 23.1 Å². The molecular formula is C30H32FN5O3. The molecule has 39 heavy (non-hydrogen) atoms. The number of nitrogens with zero attached hydrogens (tertiary/aromatic N) is 2. The lowest BCUT2D eigenvalue weighted by atomic mass is 10.0. The summed E-state index contributed by atoms with van der Waals surface area (Å²) in [5.74, 6) is 0.152. The number of aromatic nitrogens is 1. The van der Waals surface area contributed by atoms with Crippen LogP contribution in [0.3, 0.4) is 0 Å². The van der Waals surface area contributed by atoms with Crippen LogP contribution in [0.4, 0.5) is 15.9 Å². The number of nitrogens with two attached hydrogens (primary N) is 1. The molecule has 0 atom stereocenters. The van der Waals surface area contributed by atoms with Crippen molar-refractivity contribution >= 4 is 34.1 Å². The van der Waals surface area contributed by atoms with E-state index in [4.69, 9.17) is 10.5 Å². The molecule has 4 N–H and O–H groups in total. The van der Waals surface area contributed by atoms with Gasteiger partial charge in [0.25, 0.3) is 11.8 Å². The van der Waals surface area contributed by atoms with Crippen LogP contribution in [0.5, 0.6) is 11.5 Å². The van der Waals surface area contributed by atoms with Crippen LogP contribution in [0, 0.1) is 11.7 Å². The van der Waals surface area contributed by atoms with Crippen molar-refractivity contribution in [1.29, 1.82) is 0 Å². The van der Waals surface area contributed by atoms with E-state index in [2.05, 4.69) is 29.5 Å². The lowest BCUT2D eigenvalue weighted by Gasteiger charge is -2.26. The molecule has 0 unspecified atom stereocenters. The summed E-state index contributed by atoms with van der Waals surface area (Å²) < 4.78 is 20.9. The second-order valence-electron chi connectivity index (χ2n) is 9.49. The first-order valence-electron chi connectivity index (χ1n) is 12.7. The average Bonchev–Trinajstić information content (AvgIpc) is 2.91. The normalized spacial score (nSPS) is 10.9. The minimum Gasteiger partial charge on any atom is -0.457 e. The number of fused-ring (bicyclic) bond motifs is 1. The largest absolute Gasteiger partial charge is 0.457 e. The Balaban J connectivity index is 1.48. The molecule has 0 radical (unpaired) electrons. The summed E-state index contributed by atoms with van der Waals surface area (Å²) >= 11 is 0. The Bertz CT molecular complexity index is 1490. The number of halogens is 1. The highest BCUT2D eigenvalue weighted by molar-refractivity contribution is 6.07. The Labute approximate surface area is 227 Å². The maximum atomic E-state index is 14.9. The molecule has 0 saturated heterocycles. The third kappa shape index (κ3) is 6.69. The SMILES string of the molecule is CNC(=O)c1cccc2cc(Oc3ccnc(NC(=O)c4ccc(N(CCN)CC(C)C)cc4F)c3)ccc12.